The van der Waals surface area contributed by atoms with Crippen molar-refractivity contribution in [1.29, 1.82) is 0 Å². The van der Waals surface area contributed by atoms with Crippen molar-refractivity contribution in [2.45, 2.75) is 10.5 Å². The fraction of sp³-hybridized carbons (Fsp3) is 0.0526. The van der Waals surface area contributed by atoms with Crippen LogP contribution in [0, 0.1) is 0 Å². The van der Waals surface area contributed by atoms with Gasteiger partial charge in [0.25, 0.3) is 10.1 Å². The number of phenolic OH excluding ortho intramolecular Hbond substituents is 2. The quantitative estimate of drug-likeness (QED) is 0.597. The highest BCUT2D eigenvalue weighted by Gasteiger charge is 2.52. The summed E-state index contributed by atoms with van der Waals surface area (Å²) in [5.74, 6) is 0.0460. The molecule has 1 heterocycles. The smallest absolute Gasteiger partial charge is 0.300 e. The van der Waals surface area contributed by atoms with Crippen LogP contribution in [-0.4, -0.2) is 18.6 Å². The van der Waals surface area contributed by atoms with Crippen molar-refractivity contribution in [3.05, 3.63) is 87.4 Å². The van der Waals surface area contributed by atoms with Gasteiger partial charge in [-0.05, 0) is 41.5 Å². The van der Waals surface area contributed by atoms with Gasteiger partial charge in [0.2, 0.25) is 0 Å². The van der Waals surface area contributed by atoms with Gasteiger partial charge in [-0.15, -0.1) is 0 Å². The number of fused-ring (bicyclic) bond motifs is 1. The summed E-state index contributed by atoms with van der Waals surface area (Å²) in [5, 5.41) is 19.3. The van der Waals surface area contributed by atoms with E-state index < -0.39 is 15.7 Å². The van der Waals surface area contributed by atoms with Crippen molar-refractivity contribution in [3.8, 4) is 11.5 Å². The number of halogens is 2. The molecule has 0 saturated heterocycles. The van der Waals surface area contributed by atoms with Gasteiger partial charge in [-0.25, -0.2) is 4.18 Å². The van der Waals surface area contributed by atoms with Crippen molar-refractivity contribution in [2.75, 3.05) is 0 Å². The largest absolute Gasteiger partial charge is 0.508 e. The maximum Gasteiger partial charge on any atom is 0.300 e. The number of benzene rings is 3. The molecule has 1 aliphatic rings. The fourth-order valence-electron chi connectivity index (χ4n) is 3.27. The Morgan fingerprint density at radius 2 is 1.26 bits per heavy atom. The minimum Gasteiger partial charge on any atom is -0.508 e. The van der Waals surface area contributed by atoms with Gasteiger partial charge in [-0.1, -0.05) is 53.5 Å². The fourth-order valence-corrected chi connectivity index (χ4v) is 5.44. The third kappa shape index (κ3) is 2.68. The highest BCUT2D eigenvalue weighted by atomic mass is 35.5. The van der Waals surface area contributed by atoms with Crippen LogP contribution in [0.5, 0.6) is 11.5 Å². The van der Waals surface area contributed by atoms with Crippen LogP contribution in [0.4, 0.5) is 0 Å². The topological polar surface area (TPSA) is 83.8 Å². The molecule has 0 atom stereocenters. The van der Waals surface area contributed by atoms with E-state index in [2.05, 4.69) is 0 Å². The Balaban J connectivity index is 2.12. The second-order valence-corrected chi connectivity index (χ2v) is 8.32. The van der Waals surface area contributed by atoms with Crippen molar-refractivity contribution in [3.63, 3.8) is 0 Å². The van der Waals surface area contributed by atoms with Gasteiger partial charge in [0.15, 0.2) is 5.60 Å². The van der Waals surface area contributed by atoms with E-state index in [1.54, 1.807) is 30.3 Å². The van der Waals surface area contributed by atoms with E-state index in [1.807, 2.05) is 0 Å². The lowest BCUT2D eigenvalue weighted by atomic mass is 9.80. The second kappa shape index (κ2) is 6.14. The third-order valence-corrected chi connectivity index (χ3v) is 6.77. The highest BCUT2D eigenvalue weighted by molar-refractivity contribution is 7.87. The van der Waals surface area contributed by atoms with Crippen molar-refractivity contribution >= 4 is 33.3 Å². The molecular formula is C19H12Cl2O5S. The van der Waals surface area contributed by atoms with Crippen LogP contribution in [0.3, 0.4) is 0 Å². The van der Waals surface area contributed by atoms with E-state index in [0.29, 0.717) is 16.7 Å². The zero-order valence-corrected chi connectivity index (χ0v) is 15.9. The number of rotatable bonds is 2. The maximum atomic E-state index is 12.9. The molecule has 1 aliphatic heterocycles. The van der Waals surface area contributed by atoms with Gasteiger partial charge in [0, 0.05) is 5.56 Å². The minimum atomic E-state index is -4.22. The van der Waals surface area contributed by atoms with Gasteiger partial charge in [-0.2, -0.15) is 8.42 Å². The molecule has 0 radical (unpaired) electrons. The molecule has 8 heteroatoms. The molecule has 0 aliphatic carbocycles. The number of hydrogen-bond acceptors (Lipinski definition) is 5. The van der Waals surface area contributed by atoms with Crippen LogP contribution >= 0.6 is 23.2 Å². The lowest BCUT2D eigenvalue weighted by Crippen LogP contribution is -2.29. The summed E-state index contributed by atoms with van der Waals surface area (Å²) >= 11 is 12.2. The van der Waals surface area contributed by atoms with E-state index >= 15 is 0 Å². The first-order valence-corrected chi connectivity index (χ1v) is 9.95. The van der Waals surface area contributed by atoms with Crippen LogP contribution < -0.4 is 0 Å². The molecule has 0 spiro atoms. The average Bonchev–Trinajstić information content (AvgIpc) is 2.88. The average molecular weight is 423 g/mol. The first kappa shape index (κ1) is 18.1. The van der Waals surface area contributed by atoms with Crippen LogP contribution in [-0.2, 0) is 19.9 Å². The number of aromatic hydroxyl groups is 2. The molecule has 0 saturated carbocycles. The first-order valence-electron chi connectivity index (χ1n) is 7.79. The predicted octanol–water partition coefficient (Wildman–Crippen LogP) is 4.42. The molecule has 0 fully saturated rings. The first-order chi connectivity index (χ1) is 12.8. The zero-order valence-electron chi connectivity index (χ0n) is 13.6. The van der Waals surface area contributed by atoms with Gasteiger partial charge in [-0.3, -0.25) is 0 Å². The second-order valence-electron chi connectivity index (χ2n) is 6.05. The molecule has 5 nitrogen and oxygen atoms in total. The molecule has 3 aromatic carbocycles. The predicted molar refractivity (Wildman–Crippen MR) is 101 cm³/mol. The molecule has 138 valence electrons. The summed E-state index contributed by atoms with van der Waals surface area (Å²) in [6.07, 6.45) is 0. The van der Waals surface area contributed by atoms with E-state index in [1.165, 1.54) is 30.3 Å². The number of hydrogen-bond donors (Lipinski definition) is 2. The molecule has 4 rings (SSSR count). The van der Waals surface area contributed by atoms with E-state index in [0.717, 1.165) is 0 Å². The molecule has 0 unspecified atom stereocenters. The summed E-state index contributed by atoms with van der Waals surface area (Å²) in [6, 6.07) is 15.0. The van der Waals surface area contributed by atoms with Gasteiger partial charge < -0.3 is 10.2 Å². The van der Waals surface area contributed by atoms with Gasteiger partial charge in [0.1, 0.15) is 16.4 Å². The Morgan fingerprint density at radius 1 is 0.778 bits per heavy atom. The highest BCUT2D eigenvalue weighted by Crippen LogP contribution is 2.53. The van der Waals surface area contributed by atoms with E-state index in [-0.39, 0.29) is 26.4 Å². The molecule has 2 N–H and O–H groups in total. The maximum absolute atomic E-state index is 12.9. The van der Waals surface area contributed by atoms with Gasteiger partial charge >= 0.3 is 0 Å². The summed E-state index contributed by atoms with van der Waals surface area (Å²) in [4.78, 5) is -0.196. The third-order valence-electron chi connectivity index (χ3n) is 4.46. The normalized spacial score (nSPS) is 16.8. The number of phenols is 2. The summed E-state index contributed by atoms with van der Waals surface area (Å²) < 4.78 is 31.4. The minimum absolute atomic E-state index is 0.0230. The monoisotopic (exact) mass is 422 g/mol. The molecule has 0 amide bonds. The van der Waals surface area contributed by atoms with Crippen molar-refractivity contribution in [1.82, 2.24) is 0 Å². The standard InChI is InChI=1S/C19H12Cl2O5S/c20-16-10-9-15-18(17(16)21)27(24,25)26-19(15,11-1-5-13(22)6-2-11)12-3-7-14(23)8-4-12/h1-10,22-23H. The molecular weight excluding hydrogens is 411 g/mol. The van der Waals surface area contributed by atoms with Crippen LogP contribution in [0.1, 0.15) is 16.7 Å². The van der Waals surface area contributed by atoms with Crippen molar-refractivity contribution in [2.24, 2.45) is 0 Å². The Labute approximate surface area is 165 Å². The molecule has 3 aromatic rings. The van der Waals surface area contributed by atoms with Crippen LogP contribution in [0.25, 0.3) is 0 Å². The summed E-state index contributed by atoms with van der Waals surface area (Å²) in [6.45, 7) is 0. The van der Waals surface area contributed by atoms with Crippen LogP contribution in [0.2, 0.25) is 10.0 Å². The lowest BCUT2D eigenvalue weighted by Gasteiger charge is -2.29. The molecule has 0 bridgehead atoms. The summed E-state index contributed by atoms with van der Waals surface area (Å²) in [7, 11) is -4.22. The Bertz CT molecular complexity index is 1090. The Morgan fingerprint density at radius 3 is 1.74 bits per heavy atom. The Hall–Kier alpha value is -2.25. The van der Waals surface area contributed by atoms with Crippen molar-refractivity contribution < 1.29 is 22.8 Å². The summed E-state index contributed by atoms with van der Waals surface area (Å²) in [5.41, 5.74) is -0.309. The van der Waals surface area contributed by atoms with Crippen LogP contribution in [0.15, 0.2) is 65.6 Å². The SMILES string of the molecule is O=S1(=O)OC(c2ccc(O)cc2)(c2ccc(O)cc2)c2ccc(Cl)c(Cl)c21. The van der Waals surface area contributed by atoms with E-state index in [9.17, 15) is 18.6 Å². The van der Waals surface area contributed by atoms with E-state index in [4.69, 9.17) is 27.4 Å². The zero-order chi connectivity index (χ0) is 19.4. The van der Waals surface area contributed by atoms with Gasteiger partial charge in [0.05, 0.1) is 10.0 Å². The lowest BCUT2D eigenvalue weighted by molar-refractivity contribution is 0.180. The molecule has 27 heavy (non-hydrogen) atoms. The Kier molecular flexibility index (Phi) is 4.12. The molecule has 0 aromatic heterocycles.